The van der Waals surface area contributed by atoms with E-state index in [1.54, 1.807) is 24.3 Å². The molecule has 30 heavy (non-hydrogen) atoms. The first-order valence-electron chi connectivity index (χ1n) is 8.65. The molecule has 0 saturated heterocycles. The average Bonchev–Trinajstić information content (AvgIpc) is 3.41. The van der Waals surface area contributed by atoms with Gasteiger partial charge in [0.05, 0.1) is 10.7 Å². The van der Waals surface area contributed by atoms with E-state index in [2.05, 4.69) is 15.2 Å². The average molecular weight is 478 g/mol. The Morgan fingerprint density at radius 2 is 1.90 bits per heavy atom. The molecule has 0 saturated carbocycles. The fourth-order valence-corrected chi connectivity index (χ4v) is 4.24. The lowest BCUT2D eigenvalue weighted by atomic mass is 10.2. The highest BCUT2D eigenvalue weighted by atomic mass is 35.5. The number of ether oxygens (including phenoxy) is 1. The lowest BCUT2D eigenvalue weighted by molar-refractivity contribution is -0.141. The number of carbonyl (C=O) groups is 1. The number of aromatic nitrogens is 3. The molecule has 10 heteroatoms. The summed E-state index contributed by atoms with van der Waals surface area (Å²) in [5.41, 5.74) is 2.26. The summed E-state index contributed by atoms with van der Waals surface area (Å²) in [6.07, 6.45) is 0. The van der Waals surface area contributed by atoms with Crippen LogP contribution in [0.15, 0.2) is 63.6 Å². The Balaban J connectivity index is 1.28. The van der Waals surface area contributed by atoms with Crippen molar-refractivity contribution in [2.24, 2.45) is 0 Å². The molecular formula is C20H13Cl2N3O3S2. The van der Waals surface area contributed by atoms with Crippen molar-refractivity contribution >= 4 is 52.3 Å². The maximum atomic E-state index is 12.0. The summed E-state index contributed by atoms with van der Waals surface area (Å²) in [5, 5.41) is 12.1. The molecule has 0 radical (unpaired) electrons. The third-order valence-corrected chi connectivity index (χ3v) is 6.15. The molecule has 0 aliphatic carbocycles. The van der Waals surface area contributed by atoms with Gasteiger partial charge in [0.1, 0.15) is 17.4 Å². The number of rotatable bonds is 7. The Hall–Kier alpha value is -2.39. The summed E-state index contributed by atoms with van der Waals surface area (Å²) in [5.74, 6) is -0.000303. The molecule has 0 aliphatic heterocycles. The minimum Gasteiger partial charge on any atom is -0.459 e. The van der Waals surface area contributed by atoms with E-state index in [0.29, 0.717) is 21.6 Å². The van der Waals surface area contributed by atoms with Crippen molar-refractivity contribution in [3.05, 3.63) is 69.7 Å². The van der Waals surface area contributed by atoms with Gasteiger partial charge in [0.2, 0.25) is 5.89 Å². The molecule has 0 unspecified atom stereocenters. The molecule has 0 bridgehead atoms. The highest BCUT2D eigenvalue weighted by molar-refractivity contribution is 7.99. The van der Waals surface area contributed by atoms with Crippen LogP contribution in [0.25, 0.3) is 22.0 Å². The summed E-state index contributed by atoms with van der Waals surface area (Å²) in [6, 6.07) is 14.5. The number of hydrogen-bond donors (Lipinski definition) is 0. The van der Waals surface area contributed by atoms with Gasteiger partial charge in [-0.25, -0.2) is 4.98 Å². The van der Waals surface area contributed by atoms with Gasteiger partial charge in [-0.1, -0.05) is 53.2 Å². The van der Waals surface area contributed by atoms with Crippen molar-refractivity contribution in [3.8, 4) is 22.0 Å². The summed E-state index contributed by atoms with van der Waals surface area (Å²) in [7, 11) is 0. The first-order valence-corrected chi connectivity index (χ1v) is 11.3. The van der Waals surface area contributed by atoms with Crippen molar-refractivity contribution < 1.29 is 13.9 Å². The van der Waals surface area contributed by atoms with Gasteiger partial charge in [-0.05, 0) is 30.3 Å². The van der Waals surface area contributed by atoms with E-state index < -0.39 is 5.97 Å². The molecule has 2 aromatic heterocycles. The minimum absolute atomic E-state index is 0.0454. The molecule has 4 aromatic rings. The van der Waals surface area contributed by atoms with Crippen LogP contribution in [-0.4, -0.2) is 26.9 Å². The second-order valence-electron chi connectivity index (χ2n) is 5.95. The van der Waals surface area contributed by atoms with Gasteiger partial charge in [0, 0.05) is 21.5 Å². The van der Waals surface area contributed by atoms with E-state index in [1.165, 1.54) is 11.3 Å². The summed E-state index contributed by atoms with van der Waals surface area (Å²) >= 11 is 14.6. The van der Waals surface area contributed by atoms with Crippen molar-refractivity contribution in [2.75, 3.05) is 5.75 Å². The molecule has 0 N–H and O–H groups in total. The number of thiazole rings is 1. The molecule has 0 amide bonds. The van der Waals surface area contributed by atoms with Crippen LogP contribution in [0, 0.1) is 0 Å². The Labute approximate surface area is 190 Å². The Morgan fingerprint density at radius 3 is 2.70 bits per heavy atom. The monoisotopic (exact) mass is 477 g/mol. The van der Waals surface area contributed by atoms with Crippen LogP contribution in [0.4, 0.5) is 0 Å². The molecule has 6 nitrogen and oxygen atoms in total. The van der Waals surface area contributed by atoms with Gasteiger partial charge in [0.25, 0.3) is 5.22 Å². The highest BCUT2D eigenvalue weighted by Crippen LogP contribution is 2.30. The van der Waals surface area contributed by atoms with Gasteiger partial charge in [-0.15, -0.1) is 21.5 Å². The van der Waals surface area contributed by atoms with Crippen LogP contribution in [-0.2, 0) is 16.1 Å². The maximum Gasteiger partial charge on any atom is 0.316 e. The van der Waals surface area contributed by atoms with Crippen LogP contribution in [0.1, 0.15) is 5.69 Å². The number of thioether (sulfide) groups is 1. The molecule has 2 aromatic carbocycles. The van der Waals surface area contributed by atoms with Crippen molar-refractivity contribution in [1.29, 1.82) is 0 Å². The van der Waals surface area contributed by atoms with Crippen LogP contribution in [0.2, 0.25) is 10.0 Å². The Morgan fingerprint density at radius 1 is 1.10 bits per heavy atom. The number of halogens is 2. The molecule has 152 valence electrons. The van der Waals surface area contributed by atoms with E-state index in [1.807, 2.05) is 29.6 Å². The normalized spacial score (nSPS) is 10.9. The van der Waals surface area contributed by atoms with Crippen molar-refractivity contribution in [3.63, 3.8) is 0 Å². The Kier molecular flexibility index (Phi) is 6.69. The van der Waals surface area contributed by atoms with E-state index in [0.717, 1.165) is 27.9 Å². The molecule has 2 heterocycles. The minimum atomic E-state index is -0.404. The summed E-state index contributed by atoms with van der Waals surface area (Å²) < 4.78 is 10.8. The molecule has 0 fully saturated rings. The van der Waals surface area contributed by atoms with E-state index in [-0.39, 0.29) is 17.6 Å². The van der Waals surface area contributed by atoms with Crippen LogP contribution in [0.5, 0.6) is 0 Å². The fraction of sp³-hybridized carbons (Fsp3) is 0.100. The first-order chi connectivity index (χ1) is 14.6. The fourth-order valence-electron chi connectivity index (χ4n) is 2.43. The lowest BCUT2D eigenvalue weighted by Gasteiger charge is -2.01. The van der Waals surface area contributed by atoms with Crippen LogP contribution < -0.4 is 0 Å². The van der Waals surface area contributed by atoms with E-state index in [9.17, 15) is 4.79 Å². The number of carbonyl (C=O) groups excluding carboxylic acids is 1. The third kappa shape index (κ3) is 5.20. The zero-order chi connectivity index (χ0) is 20.9. The topological polar surface area (TPSA) is 78.1 Å². The largest absolute Gasteiger partial charge is 0.459 e. The van der Waals surface area contributed by atoms with Crippen LogP contribution >= 0.6 is 46.3 Å². The zero-order valence-corrected chi connectivity index (χ0v) is 18.4. The van der Waals surface area contributed by atoms with E-state index >= 15 is 0 Å². The SMILES string of the molecule is O=C(CSc1nnc(-c2ccc(Cl)cc2)o1)OCc1csc(-c2ccccc2Cl)n1. The predicted octanol–water partition coefficient (Wildman–Crippen LogP) is 6.00. The number of hydrogen-bond acceptors (Lipinski definition) is 8. The zero-order valence-electron chi connectivity index (χ0n) is 15.2. The maximum absolute atomic E-state index is 12.0. The van der Waals surface area contributed by atoms with Crippen molar-refractivity contribution in [1.82, 2.24) is 15.2 Å². The quantitative estimate of drug-likeness (QED) is 0.238. The van der Waals surface area contributed by atoms with Gasteiger partial charge in [-0.3, -0.25) is 4.79 Å². The van der Waals surface area contributed by atoms with Crippen molar-refractivity contribution in [2.45, 2.75) is 11.8 Å². The van der Waals surface area contributed by atoms with Gasteiger partial charge in [0.15, 0.2) is 0 Å². The van der Waals surface area contributed by atoms with E-state index in [4.69, 9.17) is 32.4 Å². The third-order valence-electron chi connectivity index (χ3n) is 3.85. The molecule has 0 aliphatic rings. The van der Waals surface area contributed by atoms with Gasteiger partial charge in [-0.2, -0.15) is 0 Å². The van der Waals surface area contributed by atoms with Gasteiger partial charge >= 0.3 is 5.97 Å². The first kappa shape index (κ1) is 20.9. The molecule has 4 rings (SSSR count). The van der Waals surface area contributed by atoms with Crippen LogP contribution in [0.3, 0.4) is 0 Å². The van der Waals surface area contributed by atoms with Gasteiger partial charge < -0.3 is 9.15 Å². The molecule has 0 atom stereocenters. The lowest BCUT2D eigenvalue weighted by Crippen LogP contribution is -2.07. The second-order valence-corrected chi connectivity index (χ2v) is 8.58. The summed E-state index contributed by atoms with van der Waals surface area (Å²) in [4.78, 5) is 16.5. The Bertz CT molecular complexity index is 1160. The smallest absolute Gasteiger partial charge is 0.316 e. The standard InChI is InChI=1S/C20H13Cl2N3O3S2/c21-13-7-5-12(6-8-13)18-24-25-20(28-18)30-11-17(26)27-9-14-10-29-19(23-14)15-3-1-2-4-16(15)22/h1-8,10H,9,11H2. The second kappa shape index (κ2) is 9.61. The number of benzene rings is 2. The summed E-state index contributed by atoms with van der Waals surface area (Å²) in [6.45, 7) is 0.0835. The predicted molar refractivity (Wildman–Crippen MR) is 118 cm³/mol. The molecular weight excluding hydrogens is 465 g/mol. The number of esters is 1. The highest BCUT2D eigenvalue weighted by Gasteiger charge is 2.13. The molecule has 0 spiro atoms. The number of nitrogens with zero attached hydrogens (tertiary/aromatic N) is 3.